The third-order valence-electron chi connectivity index (χ3n) is 5.64. The molecule has 0 saturated carbocycles. The number of thiazole rings is 1. The van der Waals surface area contributed by atoms with Crippen molar-refractivity contribution < 1.29 is 0 Å². The molecule has 2 aliphatic heterocycles. The standard InChI is InChI=1S/C20H28N4S/c1-15(2)19-22-18-17(25-19)13-23(3)14-20(18)6-9-24(10-7-20)12-16-5-4-8-21-11-16/h4-5,8,11,15H,6-7,9-10,12-14H2,1-3H3. The minimum Gasteiger partial charge on any atom is -0.300 e. The van der Waals surface area contributed by atoms with Crippen molar-refractivity contribution in [3.63, 3.8) is 0 Å². The van der Waals surface area contributed by atoms with Crippen LogP contribution in [0.4, 0.5) is 0 Å². The molecule has 1 fully saturated rings. The van der Waals surface area contributed by atoms with Crippen molar-refractivity contribution in [2.24, 2.45) is 0 Å². The molecule has 2 aromatic rings. The quantitative estimate of drug-likeness (QED) is 0.840. The maximum absolute atomic E-state index is 5.13. The smallest absolute Gasteiger partial charge is 0.0957 e. The topological polar surface area (TPSA) is 32.3 Å². The monoisotopic (exact) mass is 356 g/mol. The van der Waals surface area contributed by atoms with Crippen LogP contribution in [0.25, 0.3) is 0 Å². The zero-order valence-electron chi connectivity index (χ0n) is 15.5. The molecule has 134 valence electrons. The molecule has 1 spiro atoms. The summed E-state index contributed by atoms with van der Waals surface area (Å²) in [4.78, 5) is 16.0. The Hall–Kier alpha value is -1.30. The van der Waals surface area contributed by atoms with Gasteiger partial charge in [-0.15, -0.1) is 11.3 Å². The lowest BCUT2D eigenvalue weighted by atomic mass is 9.73. The van der Waals surface area contributed by atoms with Crippen molar-refractivity contribution in [3.8, 4) is 0 Å². The minimum absolute atomic E-state index is 0.261. The van der Waals surface area contributed by atoms with Gasteiger partial charge >= 0.3 is 0 Å². The molecule has 4 heterocycles. The number of hydrogen-bond donors (Lipinski definition) is 0. The maximum atomic E-state index is 5.13. The summed E-state index contributed by atoms with van der Waals surface area (Å²) in [5.41, 5.74) is 3.01. The summed E-state index contributed by atoms with van der Waals surface area (Å²) in [6, 6.07) is 4.21. The molecule has 4 nitrogen and oxygen atoms in total. The average molecular weight is 357 g/mol. The number of piperidine rings is 1. The van der Waals surface area contributed by atoms with E-state index in [0.717, 1.165) is 32.7 Å². The van der Waals surface area contributed by atoms with Gasteiger partial charge in [0, 0.05) is 48.2 Å². The van der Waals surface area contributed by atoms with Crippen LogP contribution in [-0.4, -0.2) is 46.4 Å². The zero-order chi connectivity index (χ0) is 17.4. The Morgan fingerprint density at radius 2 is 2.08 bits per heavy atom. The molecule has 2 aliphatic rings. The lowest BCUT2D eigenvalue weighted by Gasteiger charge is -2.46. The highest BCUT2D eigenvalue weighted by molar-refractivity contribution is 7.11. The Bertz CT molecular complexity index is 717. The second-order valence-corrected chi connectivity index (χ2v) is 9.18. The second kappa shape index (κ2) is 6.78. The first kappa shape index (κ1) is 17.1. The van der Waals surface area contributed by atoms with E-state index in [4.69, 9.17) is 4.98 Å². The Balaban J connectivity index is 1.52. The molecular weight excluding hydrogens is 328 g/mol. The molecule has 0 amide bonds. The van der Waals surface area contributed by atoms with Gasteiger partial charge < -0.3 is 4.90 Å². The molecular formula is C20H28N4S. The van der Waals surface area contributed by atoms with Crippen LogP contribution in [0.2, 0.25) is 0 Å². The average Bonchev–Trinajstić information content (AvgIpc) is 3.03. The number of likely N-dealkylation sites (tertiary alicyclic amines) is 1. The molecule has 25 heavy (non-hydrogen) atoms. The summed E-state index contributed by atoms with van der Waals surface area (Å²) in [6.45, 7) is 10.1. The number of fused-ring (bicyclic) bond motifs is 2. The van der Waals surface area contributed by atoms with Crippen molar-refractivity contribution in [1.29, 1.82) is 0 Å². The number of hydrogen-bond acceptors (Lipinski definition) is 5. The fourth-order valence-electron chi connectivity index (χ4n) is 4.31. The van der Waals surface area contributed by atoms with Crippen LogP contribution in [0.5, 0.6) is 0 Å². The van der Waals surface area contributed by atoms with Crippen LogP contribution < -0.4 is 0 Å². The van der Waals surface area contributed by atoms with Crippen LogP contribution in [0, 0.1) is 0 Å². The fourth-order valence-corrected chi connectivity index (χ4v) is 5.58. The van der Waals surface area contributed by atoms with Gasteiger partial charge in [-0.1, -0.05) is 19.9 Å². The summed E-state index contributed by atoms with van der Waals surface area (Å²) in [7, 11) is 2.27. The molecule has 2 aromatic heterocycles. The highest BCUT2D eigenvalue weighted by atomic mass is 32.1. The van der Waals surface area contributed by atoms with E-state index in [1.807, 2.05) is 29.8 Å². The normalized spacial score (nSPS) is 21.0. The predicted octanol–water partition coefficient (Wildman–Crippen LogP) is 3.64. The summed E-state index contributed by atoms with van der Waals surface area (Å²) in [6.07, 6.45) is 6.27. The SMILES string of the molecule is CC(C)c1nc2c(s1)CN(C)CC21CCN(Cc2cccnc2)CC1. The first-order valence-electron chi connectivity index (χ1n) is 9.36. The molecule has 4 rings (SSSR count). The Kier molecular flexibility index (Phi) is 4.65. The van der Waals surface area contributed by atoms with Gasteiger partial charge in [-0.3, -0.25) is 9.88 Å². The van der Waals surface area contributed by atoms with E-state index in [0.29, 0.717) is 5.92 Å². The van der Waals surface area contributed by atoms with Crippen molar-refractivity contribution in [2.45, 2.75) is 51.1 Å². The van der Waals surface area contributed by atoms with E-state index in [2.05, 4.69) is 41.7 Å². The lowest BCUT2D eigenvalue weighted by molar-refractivity contribution is 0.105. The number of rotatable bonds is 3. The van der Waals surface area contributed by atoms with Crippen LogP contribution in [-0.2, 0) is 18.5 Å². The molecule has 0 radical (unpaired) electrons. The molecule has 0 unspecified atom stereocenters. The summed E-state index contributed by atoms with van der Waals surface area (Å²) >= 11 is 1.94. The van der Waals surface area contributed by atoms with E-state index in [9.17, 15) is 0 Å². The zero-order valence-corrected chi connectivity index (χ0v) is 16.4. The number of aromatic nitrogens is 2. The van der Waals surface area contributed by atoms with Crippen LogP contribution in [0.3, 0.4) is 0 Å². The molecule has 1 saturated heterocycles. The highest BCUT2D eigenvalue weighted by Gasteiger charge is 2.43. The highest BCUT2D eigenvalue weighted by Crippen LogP contribution is 2.44. The first-order valence-corrected chi connectivity index (χ1v) is 10.2. The van der Waals surface area contributed by atoms with Crippen LogP contribution in [0.1, 0.15) is 53.7 Å². The second-order valence-electron chi connectivity index (χ2n) is 8.07. The third-order valence-corrected chi connectivity index (χ3v) is 6.98. The van der Waals surface area contributed by atoms with Crippen LogP contribution in [0.15, 0.2) is 24.5 Å². The summed E-state index contributed by atoms with van der Waals surface area (Å²) in [5.74, 6) is 0.531. The molecule has 0 aliphatic carbocycles. The van der Waals surface area contributed by atoms with Crippen molar-refractivity contribution in [2.75, 3.05) is 26.7 Å². The van der Waals surface area contributed by atoms with E-state index < -0.39 is 0 Å². The number of nitrogens with zero attached hydrogens (tertiary/aromatic N) is 4. The minimum atomic E-state index is 0.261. The van der Waals surface area contributed by atoms with Gasteiger partial charge in [0.25, 0.3) is 0 Å². The third kappa shape index (κ3) is 3.37. The van der Waals surface area contributed by atoms with Gasteiger partial charge in [0.1, 0.15) is 0 Å². The molecule has 0 bridgehead atoms. The predicted molar refractivity (Wildman–Crippen MR) is 103 cm³/mol. The maximum Gasteiger partial charge on any atom is 0.0957 e. The van der Waals surface area contributed by atoms with Crippen LogP contribution >= 0.6 is 11.3 Å². The van der Waals surface area contributed by atoms with Gasteiger partial charge in [0.15, 0.2) is 0 Å². The van der Waals surface area contributed by atoms with Gasteiger partial charge in [0.2, 0.25) is 0 Å². The van der Waals surface area contributed by atoms with E-state index in [1.165, 1.54) is 34.0 Å². The molecule has 0 N–H and O–H groups in total. The Morgan fingerprint density at radius 1 is 1.28 bits per heavy atom. The Morgan fingerprint density at radius 3 is 2.76 bits per heavy atom. The van der Waals surface area contributed by atoms with E-state index in [-0.39, 0.29) is 5.41 Å². The van der Waals surface area contributed by atoms with Crippen molar-refractivity contribution >= 4 is 11.3 Å². The largest absolute Gasteiger partial charge is 0.300 e. The Labute approximate surface area is 154 Å². The lowest BCUT2D eigenvalue weighted by Crippen LogP contribution is -2.50. The fraction of sp³-hybridized carbons (Fsp3) is 0.600. The van der Waals surface area contributed by atoms with Gasteiger partial charge in [-0.05, 0) is 44.6 Å². The van der Waals surface area contributed by atoms with Gasteiger partial charge in [-0.2, -0.15) is 0 Å². The molecule has 5 heteroatoms. The van der Waals surface area contributed by atoms with Gasteiger partial charge in [-0.25, -0.2) is 4.98 Å². The van der Waals surface area contributed by atoms with Gasteiger partial charge in [0.05, 0.1) is 10.7 Å². The van der Waals surface area contributed by atoms with E-state index >= 15 is 0 Å². The summed E-state index contributed by atoms with van der Waals surface area (Å²) < 4.78 is 0. The van der Waals surface area contributed by atoms with E-state index in [1.54, 1.807) is 0 Å². The van der Waals surface area contributed by atoms with Crippen molar-refractivity contribution in [3.05, 3.63) is 45.7 Å². The first-order chi connectivity index (χ1) is 12.1. The number of likely N-dealkylation sites (N-methyl/N-ethyl adjacent to an activating group) is 1. The number of pyridine rings is 1. The summed E-state index contributed by atoms with van der Waals surface area (Å²) in [5, 5.41) is 1.32. The molecule has 0 atom stereocenters. The molecule has 0 aromatic carbocycles. The van der Waals surface area contributed by atoms with Crippen molar-refractivity contribution in [1.82, 2.24) is 19.8 Å².